The van der Waals surface area contributed by atoms with Crippen molar-refractivity contribution in [2.75, 3.05) is 4.72 Å². The molecule has 5 rings (SSSR count). The third kappa shape index (κ3) is 6.64. The van der Waals surface area contributed by atoms with Gasteiger partial charge in [-0.05, 0) is 117 Å². The van der Waals surface area contributed by atoms with Crippen LogP contribution in [0.5, 0.6) is 5.75 Å². The van der Waals surface area contributed by atoms with E-state index in [4.69, 9.17) is 4.74 Å². The Balaban J connectivity index is 1.51. The van der Waals surface area contributed by atoms with Crippen molar-refractivity contribution in [2.45, 2.75) is 63.9 Å². The number of sulfonamides is 1. The first kappa shape index (κ1) is 28.9. The number of halogens is 2. The average Bonchev–Trinajstić information content (AvgIpc) is 2.92. The molecule has 0 heterocycles. The van der Waals surface area contributed by atoms with E-state index in [-0.39, 0.29) is 10.8 Å². The lowest BCUT2D eigenvalue weighted by Gasteiger charge is -2.28. The van der Waals surface area contributed by atoms with Gasteiger partial charge in [-0.2, -0.15) is 0 Å². The monoisotopic (exact) mass is 681 g/mol. The average molecular weight is 684 g/mol. The number of hydrogen-bond acceptors (Lipinski definition) is 3. The van der Waals surface area contributed by atoms with Gasteiger partial charge in [-0.1, -0.05) is 79.4 Å². The smallest absolute Gasteiger partial charge is 0.262 e. The van der Waals surface area contributed by atoms with Gasteiger partial charge in [0, 0.05) is 8.95 Å². The summed E-state index contributed by atoms with van der Waals surface area (Å²) < 4.78 is 38.2. The van der Waals surface area contributed by atoms with E-state index in [0.29, 0.717) is 18.0 Å². The lowest BCUT2D eigenvalue weighted by molar-refractivity contribution is 0.307. The molecule has 0 aromatic heterocycles. The maximum absolute atomic E-state index is 13.4. The van der Waals surface area contributed by atoms with E-state index in [1.807, 2.05) is 43.3 Å². The fourth-order valence-corrected chi connectivity index (χ4v) is 7.55. The summed E-state index contributed by atoms with van der Waals surface area (Å²) in [5.41, 5.74) is 8.52. The molecule has 7 heteroatoms. The molecule has 0 saturated carbocycles. The van der Waals surface area contributed by atoms with Gasteiger partial charge in [0.1, 0.15) is 12.4 Å². The third-order valence-electron chi connectivity index (χ3n) is 7.59. The van der Waals surface area contributed by atoms with Crippen LogP contribution in [0.4, 0.5) is 5.69 Å². The Hall–Kier alpha value is -2.61. The van der Waals surface area contributed by atoms with Crippen LogP contribution >= 0.6 is 31.9 Å². The van der Waals surface area contributed by atoms with Crippen molar-refractivity contribution in [1.29, 1.82) is 0 Å². The Morgan fingerprint density at radius 3 is 2.12 bits per heavy atom. The molecular formula is C33H33Br2NO3S. The first-order valence-corrected chi connectivity index (χ1v) is 16.5. The van der Waals surface area contributed by atoms with Gasteiger partial charge in [-0.25, -0.2) is 8.42 Å². The van der Waals surface area contributed by atoms with Gasteiger partial charge < -0.3 is 4.74 Å². The van der Waals surface area contributed by atoms with E-state index in [1.165, 1.54) is 27.8 Å². The molecule has 4 nitrogen and oxygen atoms in total. The molecule has 0 amide bonds. The number of nitrogens with one attached hydrogen (secondary N) is 1. The van der Waals surface area contributed by atoms with Crippen LogP contribution < -0.4 is 9.46 Å². The highest BCUT2D eigenvalue weighted by Gasteiger charge is 2.25. The number of ether oxygens (including phenoxy) is 1. The minimum absolute atomic E-state index is 0.228. The van der Waals surface area contributed by atoms with Crippen LogP contribution in [-0.2, 0) is 29.5 Å². The van der Waals surface area contributed by atoms with Crippen molar-refractivity contribution in [3.8, 4) is 5.75 Å². The van der Waals surface area contributed by atoms with E-state index < -0.39 is 10.0 Å². The molecule has 0 radical (unpaired) electrons. The maximum Gasteiger partial charge on any atom is 0.262 e. The molecule has 0 spiro atoms. The second kappa shape index (κ2) is 12.1. The number of fused-ring (bicyclic) bond motifs is 1. The van der Waals surface area contributed by atoms with Crippen molar-refractivity contribution in [3.05, 3.63) is 121 Å². The quantitative estimate of drug-likeness (QED) is 0.202. The Morgan fingerprint density at radius 1 is 0.850 bits per heavy atom. The molecule has 0 aliphatic heterocycles. The summed E-state index contributed by atoms with van der Waals surface area (Å²) in [7, 11) is -3.80. The Morgan fingerprint density at radius 2 is 1.48 bits per heavy atom. The highest BCUT2D eigenvalue weighted by Crippen LogP contribution is 2.41. The van der Waals surface area contributed by atoms with Crippen molar-refractivity contribution < 1.29 is 13.2 Å². The predicted molar refractivity (Wildman–Crippen MR) is 170 cm³/mol. The number of anilines is 1. The van der Waals surface area contributed by atoms with Crippen LogP contribution in [0.2, 0.25) is 0 Å². The van der Waals surface area contributed by atoms with Gasteiger partial charge in [-0.15, -0.1) is 0 Å². The molecule has 4 aromatic carbocycles. The molecule has 1 atom stereocenters. The highest BCUT2D eigenvalue weighted by atomic mass is 79.9. The van der Waals surface area contributed by atoms with Crippen LogP contribution in [0, 0.1) is 20.8 Å². The Labute approximate surface area is 254 Å². The molecule has 40 heavy (non-hydrogen) atoms. The number of aryl methyl sites for hydroxylation is 3. The van der Waals surface area contributed by atoms with Crippen molar-refractivity contribution in [3.63, 3.8) is 0 Å². The number of rotatable bonds is 8. The molecule has 1 aliphatic rings. The van der Waals surface area contributed by atoms with E-state index in [2.05, 4.69) is 74.7 Å². The van der Waals surface area contributed by atoms with Crippen LogP contribution in [0.3, 0.4) is 0 Å². The number of hydrogen-bond donors (Lipinski definition) is 1. The molecule has 1 unspecified atom stereocenters. The Bertz CT molecular complexity index is 1610. The fourth-order valence-electron chi connectivity index (χ4n) is 5.21. The SMILES string of the molecule is Cc1ccc(COc2cc3c(cc2NS(=O)(=O)c2ccc(C)cc2)C(Cc2cc(Br)c(C)c(Br)c2)CCC3)cc1. The van der Waals surface area contributed by atoms with Crippen molar-refractivity contribution in [2.24, 2.45) is 0 Å². The molecule has 0 fully saturated rings. The van der Waals surface area contributed by atoms with E-state index in [0.717, 1.165) is 45.8 Å². The van der Waals surface area contributed by atoms with Crippen LogP contribution in [0.25, 0.3) is 0 Å². The normalized spacial score (nSPS) is 15.0. The molecule has 1 N–H and O–H groups in total. The standard InChI is InChI=1S/C33H33Br2NO3S/c1-21-7-11-24(12-8-21)20-39-33-18-27-6-4-5-26(15-25-16-30(34)23(3)31(35)17-25)29(27)19-32(33)36-40(37,38)28-13-9-22(2)10-14-28/h7-14,16-19,26,36H,4-6,15,20H2,1-3H3. The highest BCUT2D eigenvalue weighted by molar-refractivity contribution is 9.11. The first-order valence-electron chi connectivity index (χ1n) is 13.5. The number of benzene rings is 4. The first-order chi connectivity index (χ1) is 19.1. The summed E-state index contributed by atoms with van der Waals surface area (Å²) in [6, 6.07) is 23.5. The van der Waals surface area contributed by atoms with E-state index >= 15 is 0 Å². The molecular weight excluding hydrogens is 650 g/mol. The molecule has 1 aliphatic carbocycles. The lowest BCUT2D eigenvalue weighted by atomic mass is 9.79. The summed E-state index contributed by atoms with van der Waals surface area (Å²) in [5.74, 6) is 0.829. The zero-order chi connectivity index (χ0) is 28.4. The van der Waals surface area contributed by atoms with Gasteiger partial charge in [0.05, 0.1) is 10.6 Å². The zero-order valence-electron chi connectivity index (χ0n) is 22.9. The van der Waals surface area contributed by atoms with Crippen molar-refractivity contribution >= 4 is 47.6 Å². The third-order valence-corrected chi connectivity index (χ3v) is 10.6. The second-order valence-electron chi connectivity index (χ2n) is 10.7. The summed E-state index contributed by atoms with van der Waals surface area (Å²) in [6.45, 7) is 6.43. The van der Waals surface area contributed by atoms with Gasteiger partial charge in [0.25, 0.3) is 10.0 Å². The lowest BCUT2D eigenvalue weighted by Crippen LogP contribution is -2.17. The predicted octanol–water partition coefficient (Wildman–Crippen LogP) is 9.18. The zero-order valence-corrected chi connectivity index (χ0v) is 26.9. The fraction of sp³-hybridized carbons (Fsp3) is 0.273. The van der Waals surface area contributed by atoms with E-state index in [9.17, 15) is 8.42 Å². The minimum Gasteiger partial charge on any atom is -0.487 e. The molecule has 0 saturated heterocycles. The van der Waals surface area contributed by atoms with Gasteiger partial charge in [0.2, 0.25) is 0 Å². The summed E-state index contributed by atoms with van der Waals surface area (Å²) in [6.07, 6.45) is 3.94. The summed E-state index contributed by atoms with van der Waals surface area (Å²) >= 11 is 7.38. The van der Waals surface area contributed by atoms with Crippen LogP contribution in [-0.4, -0.2) is 8.42 Å². The van der Waals surface area contributed by atoms with Gasteiger partial charge >= 0.3 is 0 Å². The van der Waals surface area contributed by atoms with Gasteiger partial charge in [-0.3, -0.25) is 4.72 Å². The topological polar surface area (TPSA) is 55.4 Å². The van der Waals surface area contributed by atoms with Crippen molar-refractivity contribution in [1.82, 2.24) is 0 Å². The van der Waals surface area contributed by atoms with E-state index in [1.54, 1.807) is 12.1 Å². The second-order valence-corrected chi connectivity index (χ2v) is 14.1. The maximum atomic E-state index is 13.4. The molecule has 208 valence electrons. The summed E-state index contributed by atoms with van der Waals surface area (Å²) in [5, 5.41) is 0. The minimum atomic E-state index is -3.80. The summed E-state index contributed by atoms with van der Waals surface area (Å²) in [4.78, 5) is 0.228. The Kier molecular flexibility index (Phi) is 8.74. The van der Waals surface area contributed by atoms with Crippen LogP contribution in [0.1, 0.15) is 57.7 Å². The molecule has 0 bridgehead atoms. The van der Waals surface area contributed by atoms with Crippen LogP contribution in [0.15, 0.2) is 86.6 Å². The van der Waals surface area contributed by atoms with Gasteiger partial charge in [0.15, 0.2) is 0 Å². The largest absolute Gasteiger partial charge is 0.487 e. The molecule has 4 aromatic rings.